The molecule has 0 radical (unpaired) electrons. The van der Waals surface area contributed by atoms with Crippen LogP contribution in [-0.4, -0.2) is 18.9 Å². The lowest BCUT2D eigenvalue weighted by Gasteiger charge is -2.38. The SMILES string of the molecule is CCCCS(=O)(=O)C1(CC(C)C)CCCCC1. The predicted octanol–water partition coefficient (Wildman–Crippen LogP) is 3.95. The van der Waals surface area contributed by atoms with Crippen LogP contribution in [0.5, 0.6) is 0 Å². The normalized spacial score (nSPS) is 20.7. The van der Waals surface area contributed by atoms with E-state index in [4.69, 9.17) is 0 Å². The van der Waals surface area contributed by atoms with Crippen LogP contribution in [0.3, 0.4) is 0 Å². The van der Waals surface area contributed by atoms with Crippen LogP contribution < -0.4 is 0 Å². The van der Waals surface area contributed by atoms with E-state index in [1.165, 1.54) is 6.42 Å². The average Bonchev–Trinajstić information content (AvgIpc) is 2.26. The topological polar surface area (TPSA) is 34.1 Å². The summed E-state index contributed by atoms with van der Waals surface area (Å²) in [7, 11) is -2.90. The lowest BCUT2D eigenvalue weighted by molar-refractivity contribution is 0.322. The van der Waals surface area contributed by atoms with Crippen molar-refractivity contribution in [2.45, 2.75) is 76.9 Å². The van der Waals surface area contributed by atoms with E-state index in [-0.39, 0.29) is 4.75 Å². The molecule has 1 fully saturated rings. The van der Waals surface area contributed by atoms with Crippen LogP contribution >= 0.6 is 0 Å². The van der Waals surface area contributed by atoms with Crippen molar-refractivity contribution in [2.75, 3.05) is 5.75 Å². The predicted molar refractivity (Wildman–Crippen MR) is 74.0 cm³/mol. The summed E-state index contributed by atoms with van der Waals surface area (Å²) in [6.07, 6.45) is 7.85. The van der Waals surface area contributed by atoms with Crippen LogP contribution in [0.1, 0.15) is 72.1 Å². The first-order valence-electron chi connectivity index (χ1n) is 7.16. The summed E-state index contributed by atoms with van der Waals surface area (Å²) >= 11 is 0. The standard InChI is InChI=1S/C14H28O2S/c1-4-5-11-17(15,16)14(12-13(2)3)9-7-6-8-10-14/h13H,4-12H2,1-3H3. The highest BCUT2D eigenvalue weighted by Crippen LogP contribution is 2.40. The van der Waals surface area contributed by atoms with Gasteiger partial charge in [0.15, 0.2) is 9.84 Å². The second-order valence-electron chi connectivity index (χ2n) is 6.01. The van der Waals surface area contributed by atoms with Gasteiger partial charge < -0.3 is 0 Å². The molecule has 3 heteroatoms. The fraction of sp³-hybridized carbons (Fsp3) is 1.00. The van der Waals surface area contributed by atoms with Crippen molar-refractivity contribution in [3.05, 3.63) is 0 Å². The molecule has 1 rings (SSSR count). The second-order valence-corrected chi connectivity index (χ2v) is 8.52. The molecule has 1 saturated carbocycles. The van der Waals surface area contributed by atoms with Gasteiger partial charge in [0.05, 0.1) is 10.5 Å². The molecule has 1 aliphatic rings. The Morgan fingerprint density at radius 3 is 2.18 bits per heavy atom. The van der Waals surface area contributed by atoms with Gasteiger partial charge in [-0.3, -0.25) is 0 Å². The molecule has 0 bridgehead atoms. The zero-order chi connectivity index (χ0) is 12.9. The summed E-state index contributed by atoms with van der Waals surface area (Å²) in [5.74, 6) is 0.875. The summed E-state index contributed by atoms with van der Waals surface area (Å²) in [4.78, 5) is 0. The largest absolute Gasteiger partial charge is 0.228 e. The first kappa shape index (κ1) is 15.0. The lowest BCUT2D eigenvalue weighted by Crippen LogP contribution is -2.43. The van der Waals surface area contributed by atoms with E-state index in [2.05, 4.69) is 20.8 Å². The van der Waals surface area contributed by atoms with Crippen molar-refractivity contribution < 1.29 is 8.42 Å². The van der Waals surface area contributed by atoms with Crippen LogP contribution in [0.2, 0.25) is 0 Å². The maximum atomic E-state index is 12.6. The van der Waals surface area contributed by atoms with Crippen LogP contribution in [0.15, 0.2) is 0 Å². The van der Waals surface area contributed by atoms with E-state index in [1.54, 1.807) is 0 Å². The van der Waals surface area contributed by atoms with Crippen molar-refractivity contribution in [1.29, 1.82) is 0 Å². The molecular formula is C14H28O2S. The molecule has 0 saturated heterocycles. The summed E-state index contributed by atoms with van der Waals surface area (Å²) in [5, 5.41) is 0. The molecule has 0 aromatic heterocycles. The third-order valence-corrected chi connectivity index (χ3v) is 6.69. The van der Waals surface area contributed by atoms with Gasteiger partial charge in [-0.15, -0.1) is 0 Å². The number of unbranched alkanes of at least 4 members (excludes halogenated alkanes) is 1. The van der Waals surface area contributed by atoms with Crippen molar-refractivity contribution in [2.24, 2.45) is 5.92 Å². The first-order valence-corrected chi connectivity index (χ1v) is 8.81. The average molecular weight is 260 g/mol. The molecule has 2 nitrogen and oxygen atoms in total. The van der Waals surface area contributed by atoms with Crippen molar-refractivity contribution >= 4 is 9.84 Å². The van der Waals surface area contributed by atoms with Gasteiger partial charge in [0.25, 0.3) is 0 Å². The van der Waals surface area contributed by atoms with E-state index < -0.39 is 9.84 Å². The zero-order valence-electron chi connectivity index (χ0n) is 11.7. The fourth-order valence-corrected chi connectivity index (χ4v) is 5.73. The molecule has 0 amide bonds. The maximum Gasteiger partial charge on any atom is 0.156 e. The summed E-state index contributed by atoms with van der Waals surface area (Å²) in [5.41, 5.74) is 0. The summed E-state index contributed by atoms with van der Waals surface area (Å²) < 4.78 is 24.8. The fourth-order valence-electron chi connectivity index (χ4n) is 3.13. The van der Waals surface area contributed by atoms with Crippen LogP contribution in [0.25, 0.3) is 0 Å². The zero-order valence-corrected chi connectivity index (χ0v) is 12.5. The smallest absolute Gasteiger partial charge is 0.156 e. The maximum absolute atomic E-state index is 12.6. The summed E-state index contributed by atoms with van der Waals surface area (Å²) in [6, 6.07) is 0. The molecule has 0 atom stereocenters. The minimum Gasteiger partial charge on any atom is -0.228 e. The second kappa shape index (κ2) is 6.21. The molecule has 0 aliphatic heterocycles. The number of sulfone groups is 1. The van der Waals surface area contributed by atoms with Gasteiger partial charge in [0, 0.05) is 0 Å². The molecule has 102 valence electrons. The molecule has 0 spiro atoms. The van der Waals surface area contributed by atoms with Crippen molar-refractivity contribution in [3.8, 4) is 0 Å². The highest BCUT2D eigenvalue weighted by molar-refractivity contribution is 7.92. The van der Waals surface area contributed by atoms with E-state index in [0.717, 1.165) is 44.9 Å². The highest BCUT2D eigenvalue weighted by Gasteiger charge is 2.43. The molecule has 1 aliphatic carbocycles. The van der Waals surface area contributed by atoms with E-state index in [1.807, 2.05) is 0 Å². The Balaban J connectivity index is 2.88. The Morgan fingerprint density at radius 2 is 1.71 bits per heavy atom. The van der Waals surface area contributed by atoms with E-state index >= 15 is 0 Å². The highest BCUT2D eigenvalue weighted by atomic mass is 32.2. The van der Waals surface area contributed by atoms with Crippen LogP contribution in [0, 0.1) is 5.92 Å². The van der Waals surface area contributed by atoms with Gasteiger partial charge in [-0.25, -0.2) is 8.42 Å². The Labute approximate surface area is 107 Å². The molecule has 0 aromatic carbocycles. The van der Waals surface area contributed by atoms with Gasteiger partial charge >= 0.3 is 0 Å². The Kier molecular flexibility index (Phi) is 5.49. The van der Waals surface area contributed by atoms with Crippen molar-refractivity contribution in [3.63, 3.8) is 0 Å². The molecule has 17 heavy (non-hydrogen) atoms. The van der Waals surface area contributed by atoms with E-state index in [9.17, 15) is 8.42 Å². The van der Waals surface area contributed by atoms with Gasteiger partial charge in [-0.1, -0.05) is 46.5 Å². The van der Waals surface area contributed by atoms with E-state index in [0.29, 0.717) is 11.7 Å². The molecule has 0 unspecified atom stereocenters. The minimum atomic E-state index is -2.90. The third-order valence-electron chi connectivity index (χ3n) is 3.97. The van der Waals surface area contributed by atoms with Gasteiger partial charge in [0.2, 0.25) is 0 Å². The van der Waals surface area contributed by atoms with Crippen LogP contribution in [-0.2, 0) is 9.84 Å². The monoisotopic (exact) mass is 260 g/mol. The van der Waals surface area contributed by atoms with Gasteiger partial charge in [0.1, 0.15) is 0 Å². The van der Waals surface area contributed by atoms with Crippen LogP contribution in [0.4, 0.5) is 0 Å². The van der Waals surface area contributed by atoms with Gasteiger partial charge in [-0.05, 0) is 31.6 Å². The third kappa shape index (κ3) is 3.70. The molecule has 0 N–H and O–H groups in total. The molecule has 0 aromatic rings. The minimum absolute atomic E-state index is 0.380. The quantitative estimate of drug-likeness (QED) is 0.724. The summed E-state index contributed by atoms with van der Waals surface area (Å²) in [6.45, 7) is 6.35. The molecular weight excluding hydrogens is 232 g/mol. The number of hydrogen-bond donors (Lipinski definition) is 0. The lowest BCUT2D eigenvalue weighted by atomic mass is 9.83. The Bertz CT molecular complexity index is 311. The number of rotatable bonds is 6. The van der Waals surface area contributed by atoms with Gasteiger partial charge in [-0.2, -0.15) is 0 Å². The Morgan fingerprint density at radius 1 is 1.12 bits per heavy atom. The molecule has 0 heterocycles. The first-order chi connectivity index (χ1) is 7.93. The van der Waals surface area contributed by atoms with Crippen molar-refractivity contribution in [1.82, 2.24) is 0 Å². The number of hydrogen-bond acceptors (Lipinski definition) is 2. The Hall–Kier alpha value is -0.0500.